The molecule has 0 radical (unpaired) electrons. The number of guanidine groups is 1. The van der Waals surface area contributed by atoms with E-state index in [1.165, 1.54) is 4.88 Å². The van der Waals surface area contributed by atoms with Gasteiger partial charge in [0.1, 0.15) is 11.5 Å². The van der Waals surface area contributed by atoms with Gasteiger partial charge in [-0.15, -0.1) is 11.3 Å². The normalized spacial score (nSPS) is 11.4. The van der Waals surface area contributed by atoms with Gasteiger partial charge in [-0.1, -0.05) is 0 Å². The summed E-state index contributed by atoms with van der Waals surface area (Å²) in [7, 11) is 3.22. The first-order chi connectivity index (χ1) is 11.0. The van der Waals surface area contributed by atoms with Crippen LogP contribution in [0.1, 0.15) is 15.6 Å². The van der Waals surface area contributed by atoms with Gasteiger partial charge < -0.3 is 20.5 Å². The molecule has 0 unspecified atom stereocenters. The van der Waals surface area contributed by atoms with Crippen molar-refractivity contribution < 1.29 is 9.47 Å². The molecular weight excluding hydrogens is 312 g/mol. The number of hydrogen-bond donors (Lipinski definition) is 2. The Morgan fingerprint density at radius 1 is 1.30 bits per heavy atom. The van der Waals surface area contributed by atoms with Crippen LogP contribution in [0, 0.1) is 13.8 Å². The van der Waals surface area contributed by atoms with E-state index >= 15 is 0 Å². The van der Waals surface area contributed by atoms with Gasteiger partial charge in [-0.2, -0.15) is 0 Å². The van der Waals surface area contributed by atoms with Crippen LogP contribution in [-0.2, 0) is 6.42 Å². The number of rotatable bonds is 6. The molecule has 0 amide bonds. The lowest BCUT2D eigenvalue weighted by atomic mass is 10.2. The Hall–Kier alpha value is -2.28. The number of hydrogen-bond acceptors (Lipinski definition) is 5. The third-order valence-corrected chi connectivity index (χ3v) is 4.48. The Bertz CT molecular complexity index is 678. The summed E-state index contributed by atoms with van der Waals surface area (Å²) in [5.41, 5.74) is 7.75. The Balaban J connectivity index is 1.99. The van der Waals surface area contributed by atoms with Crippen LogP contribution in [-0.4, -0.2) is 31.7 Å². The summed E-state index contributed by atoms with van der Waals surface area (Å²) in [6.07, 6.45) is 0.775. The van der Waals surface area contributed by atoms with E-state index in [0.29, 0.717) is 23.9 Å². The first kappa shape index (κ1) is 17.1. The Morgan fingerprint density at radius 2 is 2.09 bits per heavy atom. The lowest BCUT2D eigenvalue weighted by molar-refractivity contribution is 0.405. The van der Waals surface area contributed by atoms with Crippen LogP contribution in [0.5, 0.6) is 11.5 Å². The average Bonchev–Trinajstić information content (AvgIpc) is 2.85. The molecule has 1 heterocycles. The second-order valence-electron chi connectivity index (χ2n) is 4.96. The molecule has 0 spiro atoms. The Kier molecular flexibility index (Phi) is 5.81. The number of thiazole rings is 1. The van der Waals surface area contributed by atoms with Gasteiger partial charge >= 0.3 is 0 Å². The van der Waals surface area contributed by atoms with Crippen molar-refractivity contribution in [3.8, 4) is 11.5 Å². The molecule has 3 N–H and O–H groups in total. The van der Waals surface area contributed by atoms with Crippen molar-refractivity contribution in [2.45, 2.75) is 20.3 Å². The van der Waals surface area contributed by atoms with Gasteiger partial charge in [0.05, 0.1) is 30.6 Å². The SMILES string of the molecule is COc1ccc(OC)c(NC(N)=NCCc2nc(C)c(C)s2)c1. The van der Waals surface area contributed by atoms with E-state index in [-0.39, 0.29) is 0 Å². The monoisotopic (exact) mass is 334 g/mol. The van der Waals surface area contributed by atoms with E-state index in [1.54, 1.807) is 25.6 Å². The van der Waals surface area contributed by atoms with Crippen LogP contribution < -0.4 is 20.5 Å². The minimum atomic E-state index is 0.335. The van der Waals surface area contributed by atoms with Gasteiger partial charge in [0.25, 0.3) is 0 Å². The summed E-state index contributed by atoms with van der Waals surface area (Å²) in [5, 5.41) is 4.12. The molecular formula is C16H22N4O2S. The fourth-order valence-corrected chi connectivity index (χ4v) is 2.93. The van der Waals surface area contributed by atoms with E-state index in [1.807, 2.05) is 25.1 Å². The number of aryl methyl sites for hydroxylation is 2. The van der Waals surface area contributed by atoms with Crippen LogP contribution in [0.25, 0.3) is 0 Å². The number of nitrogens with two attached hydrogens (primary N) is 1. The van der Waals surface area contributed by atoms with Crippen LogP contribution >= 0.6 is 11.3 Å². The molecule has 1 aromatic carbocycles. The maximum Gasteiger partial charge on any atom is 0.193 e. The predicted octanol–water partition coefficient (Wildman–Crippen LogP) is 2.75. The number of methoxy groups -OCH3 is 2. The lowest BCUT2D eigenvalue weighted by Crippen LogP contribution is -2.23. The summed E-state index contributed by atoms with van der Waals surface area (Å²) >= 11 is 1.70. The predicted molar refractivity (Wildman–Crippen MR) is 95.0 cm³/mol. The van der Waals surface area contributed by atoms with E-state index in [4.69, 9.17) is 15.2 Å². The maximum absolute atomic E-state index is 5.95. The summed E-state index contributed by atoms with van der Waals surface area (Å²) < 4.78 is 10.5. The number of aromatic nitrogens is 1. The quantitative estimate of drug-likeness (QED) is 0.627. The summed E-state index contributed by atoms with van der Waals surface area (Å²) in [6.45, 7) is 4.67. The molecule has 0 aliphatic rings. The first-order valence-electron chi connectivity index (χ1n) is 7.25. The highest BCUT2D eigenvalue weighted by molar-refractivity contribution is 7.11. The van der Waals surface area contributed by atoms with Gasteiger partial charge in [-0.3, -0.25) is 4.99 Å². The van der Waals surface area contributed by atoms with Crippen molar-refractivity contribution in [3.05, 3.63) is 33.8 Å². The highest BCUT2D eigenvalue weighted by atomic mass is 32.1. The number of nitrogens with zero attached hydrogens (tertiary/aromatic N) is 2. The van der Waals surface area contributed by atoms with Crippen LogP contribution in [0.15, 0.2) is 23.2 Å². The number of nitrogens with one attached hydrogen (secondary N) is 1. The van der Waals surface area contributed by atoms with E-state index in [9.17, 15) is 0 Å². The van der Waals surface area contributed by atoms with E-state index in [2.05, 4.69) is 22.2 Å². The van der Waals surface area contributed by atoms with Crippen molar-refractivity contribution in [3.63, 3.8) is 0 Å². The minimum absolute atomic E-state index is 0.335. The second kappa shape index (κ2) is 7.82. The van der Waals surface area contributed by atoms with Crippen molar-refractivity contribution in [1.82, 2.24) is 4.98 Å². The van der Waals surface area contributed by atoms with Crippen molar-refractivity contribution in [2.24, 2.45) is 10.7 Å². The fraction of sp³-hybridized carbons (Fsp3) is 0.375. The summed E-state index contributed by atoms with van der Waals surface area (Å²) in [4.78, 5) is 10.1. The van der Waals surface area contributed by atoms with Crippen LogP contribution in [0.2, 0.25) is 0 Å². The van der Waals surface area contributed by atoms with Crippen LogP contribution in [0.4, 0.5) is 5.69 Å². The summed E-state index contributed by atoms with van der Waals surface area (Å²) in [5.74, 6) is 1.73. The molecule has 0 fully saturated rings. The fourth-order valence-electron chi connectivity index (χ4n) is 2.01. The zero-order chi connectivity index (χ0) is 16.8. The third-order valence-electron chi connectivity index (χ3n) is 3.35. The molecule has 0 aliphatic carbocycles. The molecule has 2 aromatic rings. The topological polar surface area (TPSA) is 81.8 Å². The third kappa shape index (κ3) is 4.59. The molecule has 124 valence electrons. The molecule has 1 aromatic heterocycles. The lowest BCUT2D eigenvalue weighted by Gasteiger charge is -2.12. The second-order valence-corrected chi connectivity index (χ2v) is 6.25. The highest BCUT2D eigenvalue weighted by Gasteiger charge is 2.06. The molecule has 0 atom stereocenters. The van der Waals surface area contributed by atoms with Crippen LogP contribution in [0.3, 0.4) is 0 Å². The molecule has 0 saturated carbocycles. The van der Waals surface area contributed by atoms with Gasteiger partial charge in [-0.25, -0.2) is 4.98 Å². The number of anilines is 1. The molecule has 6 nitrogen and oxygen atoms in total. The minimum Gasteiger partial charge on any atom is -0.497 e. The largest absolute Gasteiger partial charge is 0.497 e. The number of benzene rings is 1. The van der Waals surface area contributed by atoms with Gasteiger partial charge in [0, 0.05) is 23.9 Å². The average molecular weight is 334 g/mol. The number of ether oxygens (including phenoxy) is 2. The molecule has 0 aliphatic heterocycles. The number of aliphatic imine (C=N–C) groups is 1. The van der Waals surface area contributed by atoms with Gasteiger partial charge in [0.2, 0.25) is 0 Å². The van der Waals surface area contributed by atoms with Crippen molar-refractivity contribution in [1.29, 1.82) is 0 Å². The van der Waals surface area contributed by atoms with Crippen molar-refractivity contribution in [2.75, 3.05) is 26.1 Å². The van der Waals surface area contributed by atoms with E-state index in [0.717, 1.165) is 22.9 Å². The molecule has 0 bridgehead atoms. The molecule has 23 heavy (non-hydrogen) atoms. The standard InChI is InChI=1S/C16H22N4O2S/c1-10-11(2)23-15(19-10)7-8-18-16(17)20-13-9-12(21-3)5-6-14(13)22-4/h5-6,9H,7-8H2,1-4H3,(H3,17,18,20). The zero-order valence-corrected chi connectivity index (χ0v) is 14.7. The summed E-state index contributed by atoms with van der Waals surface area (Å²) in [6, 6.07) is 5.45. The maximum atomic E-state index is 5.95. The molecule has 2 rings (SSSR count). The Morgan fingerprint density at radius 3 is 2.70 bits per heavy atom. The molecule has 0 saturated heterocycles. The zero-order valence-electron chi connectivity index (χ0n) is 13.8. The van der Waals surface area contributed by atoms with Crippen molar-refractivity contribution >= 4 is 23.0 Å². The smallest absolute Gasteiger partial charge is 0.193 e. The van der Waals surface area contributed by atoms with Gasteiger partial charge in [0.15, 0.2) is 5.96 Å². The molecule has 7 heteroatoms. The van der Waals surface area contributed by atoms with E-state index < -0.39 is 0 Å². The van der Waals surface area contributed by atoms with Gasteiger partial charge in [-0.05, 0) is 26.0 Å². The first-order valence-corrected chi connectivity index (χ1v) is 8.07. The Labute approximate surface area is 140 Å². The highest BCUT2D eigenvalue weighted by Crippen LogP contribution is 2.28.